The highest BCUT2D eigenvalue weighted by Gasteiger charge is 2.13. The summed E-state index contributed by atoms with van der Waals surface area (Å²) in [6.07, 6.45) is 0.928. The molecule has 1 N–H and O–H groups in total. The van der Waals surface area contributed by atoms with E-state index in [1.807, 2.05) is 36.4 Å². The molecule has 4 aromatic rings. The van der Waals surface area contributed by atoms with Crippen molar-refractivity contribution in [2.45, 2.75) is 37.7 Å². The van der Waals surface area contributed by atoms with E-state index >= 15 is 0 Å². The highest BCUT2D eigenvalue weighted by molar-refractivity contribution is 7.98. The minimum Gasteiger partial charge on any atom is -0.352 e. The maximum absolute atomic E-state index is 13.6. The number of nitrogens with zero attached hydrogens (tertiary/aromatic N) is 2. The largest absolute Gasteiger partial charge is 0.352 e. The third kappa shape index (κ3) is 6.36. The van der Waals surface area contributed by atoms with Gasteiger partial charge in [0.25, 0.3) is 11.5 Å². The maximum atomic E-state index is 13.6. The zero-order chi connectivity index (χ0) is 24.8. The van der Waals surface area contributed by atoms with Crippen molar-refractivity contribution in [3.05, 3.63) is 106 Å². The third-order valence-electron chi connectivity index (χ3n) is 5.65. The molecule has 0 saturated heterocycles. The normalized spacial score (nSPS) is 11.2. The van der Waals surface area contributed by atoms with Crippen LogP contribution in [-0.4, -0.2) is 22.0 Å². The number of aromatic nitrogens is 2. The van der Waals surface area contributed by atoms with Crippen LogP contribution < -0.4 is 10.9 Å². The van der Waals surface area contributed by atoms with E-state index in [2.05, 4.69) is 19.2 Å². The summed E-state index contributed by atoms with van der Waals surface area (Å²) in [6, 6.07) is 21.0. The Labute approximate surface area is 208 Å². The molecule has 0 aliphatic heterocycles. The number of thioether (sulfide) groups is 1. The zero-order valence-electron chi connectivity index (χ0n) is 19.8. The maximum Gasteiger partial charge on any atom is 0.262 e. The van der Waals surface area contributed by atoms with E-state index in [0.29, 0.717) is 46.4 Å². The third-order valence-corrected chi connectivity index (χ3v) is 6.70. The van der Waals surface area contributed by atoms with E-state index in [1.54, 1.807) is 28.8 Å². The Kier molecular flexibility index (Phi) is 7.98. The molecule has 180 valence electrons. The van der Waals surface area contributed by atoms with Gasteiger partial charge in [0.1, 0.15) is 5.82 Å². The molecule has 0 fully saturated rings. The summed E-state index contributed by atoms with van der Waals surface area (Å²) < 4.78 is 15.3. The number of rotatable bonds is 9. The number of nitrogens with one attached hydrogen (secondary N) is 1. The van der Waals surface area contributed by atoms with Crippen molar-refractivity contribution in [1.29, 1.82) is 0 Å². The first-order valence-corrected chi connectivity index (χ1v) is 12.6. The first-order chi connectivity index (χ1) is 16.9. The van der Waals surface area contributed by atoms with Crippen molar-refractivity contribution < 1.29 is 9.18 Å². The number of amides is 1. The average Bonchev–Trinajstić information content (AvgIpc) is 2.85. The first-order valence-electron chi connectivity index (χ1n) is 11.6. The Morgan fingerprint density at radius 1 is 1.03 bits per heavy atom. The SMILES string of the molecule is CC(C)CCNC(=O)c1ccc(Cn2c(SCc3cccc(F)c3)nc3ccccc3c2=O)cc1. The van der Waals surface area contributed by atoms with Gasteiger partial charge in [-0.05, 0) is 59.9 Å². The Bertz CT molecular complexity index is 1380. The lowest BCUT2D eigenvalue weighted by Gasteiger charge is -2.14. The molecule has 0 spiro atoms. The lowest BCUT2D eigenvalue weighted by molar-refractivity contribution is 0.0952. The van der Waals surface area contributed by atoms with Crippen LogP contribution >= 0.6 is 11.8 Å². The van der Waals surface area contributed by atoms with Crippen molar-refractivity contribution in [1.82, 2.24) is 14.9 Å². The van der Waals surface area contributed by atoms with Gasteiger partial charge >= 0.3 is 0 Å². The lowest BCUT2D eigenvalue weighted by atomic mass is 10.1. The van der Waals surface area contributed by atoms with E-state index in [9.17, 15) is 14.0 Å². The molecule has 0 unspecified atom stereocenters. The molecule has 0 saturated carbocycles. The average molecular weight is 490 g/mol. The number of halogens is 1. The van der Waals surface area contributed by atoms with Crippen LogP contribution in [0, 0.1) is 11.7 Å². The van der Waals surface area contributed by atoms with Crippen LogP contribution in [0.15, 0.2) is 82.7 Å². The van der Waals surface area contributed by atoms with Gasteiger partial charge < -0.3 is 5.32 Å². The number of hydrogen-bond acceptors (Lipinski definition) is 4. The molecule has 5 nitrogen and oxygen atoms in total. The minimum absolute atomic E-state index is 0.104. The molecule has 0 aliphatic rings. The molecule has 3 aromatic carbocycles. The van der Waals surface area contributed by atoms with Gasteiger partial charge in [0.15, 0.2) is 5.16 Å². The van der Waals surface area contributed by atoms with Gasteiger partial charge in [-0.25, -0.2) is 9.37 Å². The van der Waals surface area contributed by atoms with Gasteiger partial charge in [0.05, 0.1) is 17.4 Å². The second kappa shape index (κ2) is 11.3. The van der Waals surface area contributed by atoms with Crippen molar-refractivity contribution in [3.63, 3.8) is 0 Å². The minimum atomic E-state index is -0.291. The molecule has 7 heteroatoms. The smallest absolute Gasteiger partial charge is 0.262 e. The molecule has 0 radical (unpaired) electrons. The number of fused-ring (bicyclic) bond motifs is 1. The topological polar surface area (TPSA) is 64.0 Å². The fourth-order valence-electron chi connectivity index (χ4n) is 3.69. The standard InChI is InChI=1S/C28H28FN3O2S/c1-19(2)14-15-30-26(33)22-12-10-20(11-13-22)17-32-27(34)24-8-3-4-9-25(24)31-28(32)35-18-21-6-5-7-23(29)16-21/h3-13,16,19H,14-15,17-18H2,1-2H3,(H,30,33). The van der Waals surface area contributed by atoms with E-state index < -0.39 is 0 Å². The quantitative estimate of drug-likeness (QED) is 0.244. The molecular formula is C28H28FN3O2S. The number of carbonyl (C=O) groups excluding carboxylic acids is 1. The van der Waals surface area contributed by atoms with Crippen LogP contribution in [0.3, 0.4) is 0 Å². The van der Waals surface area contributed by atoms with Crippen molar-refractivity contribution in [2.75, 3.05) is 6.54 Å². The molecule has 35 heavy (non-hydrogen) atoms. The highest BCUT2D eigenvalue weighted by atomic mass is 32.2. The Balaban J connectivity index is 1.57. The fraction of sp³-hybridized carbons (Fsp3) is 0.250. The molecule has 1 heterocycles. The summed E-state index contributed by atoms with van der Waals surface area (Å²) in [5.41, 5.74) is 2.78. The molecule has 0 aliphatic carbocycles. The molecule has 1 aromatic heterocycles. The number of hydrogen-bond donors (Lipinski definition) is 1. The monoisotopic (exact) mass is 489 g/mol. The van der Waals surface area contributed by atoms with Gasteiger partial charge in [-0.15, -0.1) is 0 Å². The summed E-state index contributed by atoms with van der Waals surface area (Å²) in [5.74, 6) is 0.616. The second-order valence-electron chi connectivity index (χ2n) is 8.86. The summed E-state index contributed by atoms with van der Waals surface area (Å²) >= 11 is 1.40. The Morgan fingerprint density at radius 2 is 1.80 bits per heavy atom. The van der Waals surface area contributed by atoms with Crippen LogP contribution in [0.25, 0.3) is 10.9 Å². The van der Waals surface area contributed by atoms with Crippen LogP contribution in [0.5, 0.6) is 0 Å². The molecule has 1 amide bonds. The number of carbonyl (C=O) groups is 1. The van der Waals surface area contributed by atoms with Gasteiger partial charge in [-0.1, -0.05) is 62.0 Å². The van der Waals surface area contributed by atoms with Gasteiger partial charge in [0.2, 0.25) is 0 Å². The van der Waals surface area contributed by atoms with Crippen LogP contribution in [0.2, 0.25) is 0 Å². The summed E-state index contributed by atoms with van der Waals surface area (Å²) in [7, 11) is 0. The van der Waals surface area contributed by atoms with E-state index in [-0.39, 0.29) is 17.3 Å². The van der Waals surface area contributed by atoms with Crippen LogP contribution in [0.1, 0.15) is 41.8 Å². The number of para-hydroxylation sites is 1. The zero-order valence-corrected chi connectivity index (χ0v) is 20.6. The Morgan fingerprint density at radius 3 is 2.54 bits per heavy atom. The fourth-order valence-corrected chi connectivity index (χ4v) is 4.63. The lowest BCUT2D eigenvalue weighted by Crippen LogP contribution is -2.25. The van der Waals surface area contributed by atoms with E-state index in [0.717, 1.165) is 17.5 Å². The van der Waals surface area contributed by atoms with E-state index in [1.165, 1.54) is 23.9 Å². The molecular weight excluding hydrogens is 461 g/mol. The predicted molar refractivity (Wildman–Crippen MR) is 139 cm³/mol. The summed E-state index contributed by atoms with van der Waals surface area (Å²) in [4.78, 5) is 30.5. The van der Waals surface area contributed by atoms with Gasteiger partial charge in [-0.3, -0.25) is 14.2 Å². The van der Waals surface area contributed by atoms with Gasteiger partial charge in [0, 0.05) is 17.9 Å². The second-order valence-corrected chi connectivity index (χ2v) is 9.80. The van der Waals surface area contributed by atoms with Gasteiger partial charge in [-0.2, -0.15) is 0 Å². The highest BCUT2D eigenvalue weighted by Crippen LogP contribution is 2.23. The number of benzene rings is 3. The van der Waals surface area contributed by atoms with Crippen LogP contribution in [0.4, 0.5) is 4.39 Å². The van der Waals surface area contributed by atoms with Crippen molar-refractivity contribution >= 4 is 28.6 Å². The summed E-state index contributed by atoms with van der Waals surface area (Å²) in [5, 5.41) is 4.05. The van der Waals surface area contributed by atoms with Crippen molar-refractivity contribution in [3.8, 4) is 0 Å². The molecule has 4 rings (SSSR count). The molecule has 0 atom stereocenters. The van der Waals surface area contributed by atoms with Crippen molar-refractivity contribution in [2.24, 2.45) is 5.92 Å². The predicted octanol–water partition coefficient (Wildman–Crippen LogP) is 5.65. The Hall–Kier alpha value is -3.45. The van der Waals surface area contributed by atoms with Crippen LogP contribution in [-0.2, 0) is 12.3 Å². The molecule has 0 bridgehead atoms. The summed E-state index contributed by atoms with van der Waals surface area (Å²) in [6.45, 7) is 5.20. The first kappa shape index (κ1) is 24.7. The van der Waals surface area contributed by atoms with E-state index in [4.69, 9.17) is 4.98 Å².